The highest BCUT2D eigenvalue weighted by atomic mass is 19.1. The molecule has 2 aromatic carbocycles. The number of ether oxygens (including phenoxy) is 1. The van der Waals surface area contributed by atoms with Gasteiger partial charge in [0.2, 0.25) is 0 Å². The van der Waals surface area contributed by atoms with E-state index in [0.29, 0.717) is 57.7 Å². The zero-order chi connectivity index (χ0) is 29.3. The number of aryl methyl sites for hydroxylation is 2. The zero-order valence-corrected chi connectivity index (χ0v) is 24.7. The number of amides is 2. The average molecular weight is 562 g/mol. The predicted molar refractivity (Wildman–Crippen MR) is 157 cm³/mol. The summed E-state index contributed by atoms with van der Waals surface area (Å²) >= 11 is 0. The second-order valence-electron chi connectivity index (χ2n) is 12.1. The molecule has 2 aliphatic rings. The molecule has 2 fully saturated rings. The predicted octanol–water partition coefficient (Wildman–Crippen LogP) is 5.71. The van der Waals surface area contributed by atoms with E-state index in [2.05, 4.69) is 36.9 Å². The number of rotatable bonds is 4. The van der Waals surface area contributed by atoms with Crippen molar-refractivity contribution in [2.75, 3.05) is 44.2 Å². The zero-order valence-electron chi connectivity index (χ0n) is 24.7. The van der Waals surface area contributed by atoms with E-state index >= 15 is 0 Å². The van der Waals surface area contributed by atoms with Crippen molar-refractivity contribution in [2.24, 2.45) is 0 Å². The molecule has 8 nitrogen and oxygen atoms in total. The Morgan fingerprint density at radius 1 is 0.902 bits per heavy atom. The minimum absolute atomic E-state index is 0.0238. The standard InChI is InChI=1S/C32H40FN5O3/c1-22-6-11-28(23(2)20-22)38-29(24-12-14-37(15-13-24)31(40)41-32(3,4)5)27(21-34-38)30(39)36-18-16-35(17-19-36)26-9-7-25(33)8-10-26/h6-11,20-21,24H,12-19H2,1-5H3. The van der Waals surface area contributed by atoms with Gasteiger partial charge in [-0.3, -0.25) is 4.79 Å². The van der Waals surface area contributed by atoms with Gasteiger partial charge in [-0.05, 0) is 83.4 Å². The van der Waals surface area contributed by atoms with Crippen LogP contribution in [0.25, 0.3) is 5.69 Å². The molecule has 5 rings (SSSR count). The normalized spacial score (nSPS) is 16.7. The molecule has 0 bridgehead atoms. The number of nitrogens with zero attached hydrogens (tertiary/aromatic N) is 5. The van der Waals surface area contributed by atoms with Gasteiger partial charge in [-0.1, -0.05) is 17.7 Å². The molecule has 0 spiro atoms. The van der Waals surface area contributed by atoms with Crippen LogP contribution in [0.15, 0.2) is 48.7 Å². The molecule has 218 valence electrons. The minimum atomic E-state index is -0.546. The van der Waals surface area contributed by atoms with E-state index in [1.165, 1.54) is 17.7 Å². The summed E-state index contributed by atoms with van der Waals surface area (Å²) in [6.07, 6.45) is 2.85. The lowest BCUT2D eigenvalue weighted by Gasteiger charge is -2.37. The van der Waals surface area contributed by atoms with Gasteiger partial charge >= 0.3 is 6.09 Å². The first-order chi connectivity index (χ1) is 19.5. The molecular weight excluding hydrogens is 521 g/mol. The van der Waals surface area contributed by atoms with E-state index < -0.39 is 5.60 Å². The van der Waals surface area contributed by atoms with Crippen molar-refractivity contribution in [2.45, 2.75) is 59.0 Å². The number of piperazine rings is 1. The summed E-state index contributed by atoms with van der Waals surface area (Å²) in [4.78, 5) is 32.5. The minimum Gasteiger partial charge on any atom is -0.444 e. The van der Waals surface area contributed by atoms with E-state index in [1.54, 1.807) is 23.2 Å². The van der Waals surface area contributed by atoms with Gasteiger partial charge in [0.15, 0.2) is 0 Å². The highest BCUT2D eigenvalue weighted by molar-refractivity contribution is 5.95. The molecule has 0 saturated carbocycles. The van der Waals surface area contributed by atoms with E-state index in [9.17, 15) is 14.0 Å². The van der Waals surface area contributed by atoms with Crippen molar-refractivity contribution in [1.82, 2.24) is 19.6 Å². The molecule has 41 heavy (non-hydrogen) atoms. The Morgan fingerprint density at radius 3 is 2.17 bits per heavy atom. The van der Waals surface area contributed by atoms with Crippen LogP contribution in [0, 0.1) is 19.7 Å². The van der Waals surface area contributed by atoms with Crippen LogP contribution in [-0.2, 0) is 4.74 Å². The maximum atomic E-state index is 14.0. The summed E-state index contributed by atoms with van der Waals surface area (Å²) in [6, 6.07) is 12.7. The lowest BCUT2D eigenvalue weighted by molar-refractivity contribution is 0.0203. The maximum absolute atomic E-state index is 14.0. The third kappa shape index (κ3) is 6.39. The fraction of sp³-hybridized carbons (Fsp3) is 0.469. The molecule has 9 heteroatoms. The molecular formula is C32H40FN5O3. The molecule has 2 saturated heterocycles. The van der Waals surface area contributed by atoms with Crippen LogP contribution in [0.4, 0.5) is 14.9 Å². The number of benzene rings is 2. The summed E-state index contributed by atoms with van der Waals surface area (Å²) in [7, 11) is 0. The first kappa shape index (κ1) is 28.6. The van der Waals surface area contributed by atoms with Gasteiger partial charge in [-0.2, -0.15) is 5.10 Å². The topological polar surface area (TPSA) is 70.9 Å². The summed E-state index contributed by atoms with van der Waals surface area (Å²) in [5.74, 6) is -0.214. The summed E-state index contributed by atoms with van der Waals surface area (Å²) in [6.45, 7) is 13.3. The molecule has 0 N–H and O–H groups in total. The average Bonchev–Trinajstić information content (AvgIpc) is 3.37. The van der Waals surface area contributed by atoms with Crippen LogP contribution < -0.4 is 4.90 Å². The van der Waals surface area contributed by atoms with Crippen LogP contribution in [0.3, 0.4) is 0 Å². The monoisotopic (exact) mass is 561 g/mol. The number of hydrogen-bond donors (Lipinski definition) is 0. The fourth-order valence-electron chi connectivity index (χ4n) is 5.80. The van der Waals surface area contributed by atoms with Crippen LogP contribution in [0.1, 0.15) is 66.7 Å². The molecule has 0 aliphatic carbocycles. The first-order valence-corrected chi connectivity index (χ1v) is 14.4. The van der Waals surface area contributed by atoms with Crippen molar-refractivity contribution in [3.63, 3.8) is 0 Å². The second-order valence-corrected chi connectivity index (χ2v) is 12.1. The van der Waals surface area contributed by atoms with E-state index in [1.807, 2.05) is 30.4 Å². The third-order valence-electron chi connectivity index (χ3n) is 7.91. The van der Waals surface area contributed by atoms with Crippen molar-refractivity contribution >= 4 is 17.7 Å². The molecule has 1 aromatic heterocycles. The van der Waals surface area contributed by atoms with Gasteiger partial charge in [0.05, 0.1) is 23.1 Å². The molecule has 2 aliphatic heterocycles. The Balaban J connectivity index is 1.38. The van der Waals surface area contributed by atoms with Crippen molar-refractivity contribution in [1.29, 1.82) is 0 Å². The Hall–Kier alpha value is -3.88. The van der Waals surface area contributed by atoms with E-state index in [0.717, 1.165) is 22.6 Å². The van der Waals surface area contributed by atoms with Crippen LogP contribution >= 0.6 is 0 Å². The Kier molecular flexibility index (Phi) is 8.07. The number of halogens is 1. The Morgan fingerprint density at radius 2 is 1.56 bits per heavy atom. The number of anilines is 1. The highest BCUT2D eigenvalue weighted by Crippen LogP contribution is 2.34. The van der Waals surface area contributed by atoms with Gasteiger partial charge in [-0.25, -0.2) is 13.9 Å². The number of hydrogen-bond acceptors (Lipinski definition) is 5. The van der Waals surface area contributed by atoms with Crippen molar-refractivity contribution in [3.05, 3.63) is 76.9 Å². The third-order valence-corrected chi connectivity index (χ3v) is 7.91. The van der Waals surface area contributed by atoms with Gasteiger partial charge in [-0.15, -0.1) is 0 Å². The largest absolute Gasteiger partial charge is 0.444 e. The lowest BCUT2D eigenvalue weighted by atomic mass is 9.90. The number of aromatic nitrogens is 2. The number of piperidine rings is 1. The van der Waals surface area contributed by atoms with Crippen molar-refractivity contribution in [3.8, 4) is 5.69 Å². The summed E-state index contributed by atoms with van der Waals surface area (Å²) in [5.41, 5.74) is 5.16. The van der Waals surface area contributed by atoms with Crippen LogP contribution in [0.2, 0.25) is 0 Å². The molecule has 0 unspecified atom stereocenters. The number of carbonyl (C=O) groups excluding carboxylic acids is 2. The first-order valence-electron chi connectivity index (χ1n) is 14.4. The maximum Gasteiger partial charge on any atom is 0.410 e. The number of carbonyl (C=O) groups is 2. The van der Waals surface area contributed by atoms with Gasteiger partial charge < -0.3 is 19.4 Å². The molecule has 2 amide bonds. The van der Waals surface area contributed by atoms with Gasteiger partial charge in [0.25, 0.3) is 5.91 Å². The smallest absolute Gasteiger partial charge is 0.410 e. The molecule has 0 atom stereocenters. The SMILES string of the molecule is Cc1ccc(-n2ncc(C(=O)N3CCN(c4ccc(F)cc4)CC3)c2C2CCN(C(=O)OC(C)(C)C)CC2)c(C)c1. The molecule has 3 heterocycles. The van der Waals surface area contributed by atoms with E-state index in [4.69, 9.17) is 9.84 Å². The second kappa shape index (κ2) is 11.5. The summed E-state index contributed by atoms with van der Waals surface area (Å²) in [5, 5.41) is 4.76. The van der Waals surface area contributed by atoms with Crippen molar-refractivity contribution < 1.29 is 18.7 Å². The van der Waals surface area contributed by atoms with E-state index in [-0.39, 0.29) is 23.7 Å². The highest BCUT2D eigenvalue weighted by Gasteiger charge is 2.34. The summed E-state index contributed by atoms with van der Waals surface area (Å²) < 4.78 is 20.9. The molecule has 3 aromatic rings. The fourth-order valence-corrected chi connectivity index (χ4v) is 5.80. The lowest BCUT2D eigenvalue weighted by Crippen LogP contribution is -2.49. The number of likely N-dealkylation sites (tertiary alicyclic amines) is 1. The van der Waals surface area contributed by atoms with Crippen LogP contribution in [-0.4, -0.2) is 76.5 Å². The quantitative estimate of drug-likeness (QED) is 0.408. The Bertz CT molecular complexity index is 1400. The molecule has 0 radical (unpaired) electrons. The van der Waals surface area contributed by atoms with Gasteiger partial charge in [0, 0.05) is 50.9 Å². The Labute approximate surface area is 241 Å². The van der Waals surface area contributed by atoms with Crippen LogP contribution in [0.5, 0.6) is 0 Å². The van der Waals surface area contributed by atoms with Gasteiger partial charge in [0.1, 0.15) is 11.4 Å².